The average molecular weight is 216 g/mol. The average Bonchev–Trinajstić information content (AvgIpc) is 2.81. The van der Waals surface area contributed by atoms with E-state index in [9.17, 15) is 0 Å². The molecule has 0 N–H and O–H groups in total. The molecule has 84 valence electrons. The fourth-order valence-electron chi connectivity index (χ4n) is 2.66. The zero-order valence-electron chi connectivity index (χ0n) is 9.95. The largest absolute Gasteiger partial charge is 0.369 e. The van der Waals surface area contributed by atoms with E-state index in [-0.39, 0.29) is 0 Å². The first-order valence-corrected chi connectivity index (χ1v) is 5.83. The molecular weight excluding hydrogens is 200 g/mol. The van der Waals surface area contributed by atoms with Crippen LogP contribution in [0.1, 0.15) is 25.1 Å². The Labute approximate surface area is 95.0 Å². The van der Waals surface area contributed by atoms with Crippen LogP contribution in [0.15, 0.2) is 16.7 Å². The smallest absolute Gasteiger partial charge is 0.167 e. The Bertz CT molecular complexity index is 542. The molecule has 0 saturated heterocycles. The van der Waals surface area contributed by atoms with Gasteiger partial charge in [0.15, 0.2) is 5.58 Å². The number of aromatic nitrogens is 1. The van der Waals surface area contributed by atoms with E-state index in [1.165, 1.54) is 16.6 Å². The van der Waals surface area contributed by atoms with Gasteiger partial charge < -0.3 is 9.42 Å². The Hall–Kier alpha value is -1.51. The highest BCUT2D eigenvalue weighted by Gasteiger charge is 2.25. The summed E-state index contributed by atoms with van der Waals surface area (Å²) in [4.78, 5) is 2.45. The van der Waals surface area contributed by atoms with Gasteiger partial charge in [-0.25, -0.2) is 0 Å². The van der Waals surface area contributed by atoms with E-state index in [2.05, 4.69) is 30.0 Å². The number of anilines is 1. The first-order valence-electron chi connectivity index (χ1n) is 5.83. The van der Waals surface area contributed by atoms with Crippen molar-refractivity contribution in [1.82, 2.24) is 5.16 Å². The molecule has 0 spiro atoms. The maximum absolute atomic E-state index is 5.30. The summed E-state index contributed by atoms with van der Waals surface area (Å²) in [5, 5.41) is 5.27. The second-order valence-electron chi connectivity index (χ2n) is 4.74. The fraction of sp³-hybridized carbons (Fsp3) is 0.462. The third kappa shape index (κ3) is 1.17. The summed E-state index contributed by atoms with van der Waals surface area (Å²) in [7, 11) is 0. The number of rotatable bonds is 1. The summed E-state index contributed by atoms with van der Waals surface area (Å²) >= 11 is 0. The third-order valence-electron chi connectivity index (χ3n) is 3.43. The molecule has 3 nitrogen and oxygen atoms in total. The van der Waals surface area contributed by atoms with Crippen LogP contribution in [0.2, 0.25) is 0 Å². The Morgan fingerprint density at radius 1 is 1.38 bits per heavy atom. The van der Waals surface area contributed by atoms with Gasteiger partial charge in [-0.2, -0.15) is 0 Å². The first kappa shape index (κ1) is 9.70. The summed E-state index contributed by atoms with van der Waals surface area (Å²) in [6.07, 6.45) is 1.10. The molecule has 0 unspecified atom stereocenters. The SMILES string of the molecule is Cc1noc2ccc3c(c12)CCN3C(C)C. The molecule has 16 heavy (non-hydrogen) atoms. The predicted molar refractivity (Wildman–Crippen MR) is 64.9 cm³/mol. The molecule has 0 bridgehead atoms. The highest BCUT2D eigenvalue weighted by molar-refractivity contribution is 5.89. The summed E-state index contributed by atoms with van der Waals surface area (Å²) in [6, 6.07) is 4.75. The van der Waals surface area contributed by atoms with Gasteiger partial charge in [-0.15, -0.1) is 0 Å². The zero-order valence-corrected chi connectivity index (χ0v) is 9.95. The van der Waals surface area contributed by atoms with Crippen LogP contribution < -0.4 is 4.90 Å². The van der Waals surface area contributed by atoms with Crippen molar-refractivity contribution in [1.29, 1.82) is 0 Å². The van der Waals surface area contributed by atoms with Crippen LogP contribution >= 0.6 is 0 Å². The quantitative estimate of drug-likeness (QED) is 0.734. The molecule has 3 heteroatoms. The number of hydrogen-bond donors (Lipinski definition) is 0. The maximum Gasteiger partial charge on any atom is 0.167 e. The topological polar surface area (TPSA) is 29.3 Å². The fourth-order valence-corrected chi connectivity index (χ4v) is 2.66. The lowest BCUT2D eigenvalue weighted by molar-refractivity contribution is 0.450. The molecule has 0 aliphatic carbocycles. The molecule has 0 saturated carbocycles. The van der Waals surface area contributed by atoms with Crippen molar-refractivity contribution in [2.24, 2.45) is 0 Å². The van der Waals surface area contributed by atoms with Gasteiger partial charge in [0.2, 0.25) is 0 Å². The molecule has 2 aromatic rings. The van der Waals surface area contributed by atoms with Gasteiger partial charge >= 0.3 is 0 Å². The van der Waals surface area contributed by atoms with Crippen LogP contribution in [-0.4, -0.2) is 17.7 Å². The van der Waals surface area contributed by atoms with Crippen molar-refractivity contribution >= 4 is 16.7 Å². The zero-order chi connectivity index (χ0) is 11.3. The van der Waals surface area contributed by atoms with Crippen LogP contribution in [0.3, 0.4) is 0 Å². The van der Waals surface area contributed by atoms with Crippen molar-refractivity contribution in [3.63, 3.8) is 0 Å². The molecule has 1 aliphatic heterocycles. The normalized spacial score (nSPS) is 15.1. The van der Waals surface area contributed by atoms with Gasteiger partial charge in [-0.05, 0) is 44.9 Å². The van der Waals surface area contributed by atoms with Crippen LogP contribution in [0.5, 0.6) is 0 Å². The summed E-state index contributed by atoms with van der Waals surface area (Å²) in [6.45, 7) is 7.60. The van der Waals surface area contributed by atoms with Crippen molar-refractivity contribution < 1.29 is 4.52 Å². The minimum Gasteiger partial charge on any atom is -0.369 e. The predicted octanol–water partition coefficient (Wildman–Crippen LogP) is 2.91. The lowest BCUT2D eigenvalue weighted by Crippen LogP contribution is -2.28. The maximum atomic E-state index is 5.30. The highest BCUT2D eigenvalue weighted by Crippen LogP contribution is 2.36. The lowest BCUT2D eigenvalue weighted by Gasteiger charge is -2.23. The molecule has 0 atom stereocenters. The van der Waals surface area contributed by atoms with E-state index in [4.69, 9.17) is 4.52 Å². The van der Waals surface area contributed by atoms with Gasteiger partial charge in [0.25, 0.3) is 0 Å². The summed E-state index contributed by atoms with van der Waals surface area (Å²) in [5.41, 5.74) is 4.69. The molecule has 1 aromatic heterocycles. The number of hydrogen-bond acceptors (Lipinski definition) is 3. The second-order valence-corrected chi connectivity index (χ2v) is 4.74. The van der Waals surface area contributed by atoms with Gasteiger partial charge in [-0.1, -0.05) is 5.16 Å². The molecule has 0 fully saturated rings. The van der Waals surface area contributed by atoms with Crippen molar-refractivity contribution in [3.8, 4) is 0 Å². The van der Waals surface area contributed by atoms with Gasteiger partial charge in [0, 0.05) is 23.7 Å². The van der Waals surface area contributed by atoms with E-state index in [1.54, 1.807) is 0 Å². The Balaban J connectivity index is 2.25. The minimum atomic E-state index is 0.555. The Kier molecular flexibility index (Phi) is 1.96. The summed E-state index contributed by atoms with van der Waals surface area (Å²) in [5.74, 6) is 0. The van der Waals surface area contributed by atoms with E-state index >= 15 is 0 Å². The Morgan fingerprint density at radius 3 is 2.94 bits per heavy atom. The number of nitrogens with zero attached hydrogens (tertiary/aromatic N) is 2. The molecule has 3 rings (SSSR count). The lowest BCUT2D eigenvalue weighted by atomic mass is 10.1. The minimum absolute atomic E-state index is 0.555. The van der Waals surface area contributed by atoms with Crippen molar-refractivity contribution in [2.75, 3.05) is 11.4 Å². The van der Waals surface area contributed by atoms with E-state index in [1.807, 2.05) is 13.0 Å². The van der Waals surface area contributed by atoms with E-state index in [0.29, 0.717) is 6.04 Å². The number of benzene rings is 1. The third-order valence-corrected chi connectivity index (χ3v) is 3.43. The first-order chi connectivity index (χ1) is 7.68. The molecule has 0 radical (unpaired) electrons. The molecule has 0 amide bonds. The van der Waals surface area contributed by atoms with Crippen LogP contribution in [-0.2, 0) is 6.42 Å². The highest BCUT2D eigenvalue weighted by atomic mass is 16.5. The van der Waals surface area contributed by atoms with E-state index < -0.39 is 0 Å². The summed E-state index contributed by atoms with van der Waals surface area (Å²) < 4.78 is 5.30. The van der Waals surface area contributed by atoms with Gasteiger partial charge in [0.05, 0.1) is 5.69 Å². The van der Waals surface area contributed by atoms with Gasteiger partial charge in [-0.3, -0.25) is 0 Å². The number of aryl methyl sites for hydroxylation is 1. The number of fused-ring (bicyclic) bond motifs is 3. The van der Waals surface area contributed by atoms with E-state index in [0.717, 1.165) is 24.2 Å². The molecule has 2 heterocycles. The van der Waals surface area contributed by atoms with Crippen molar-refractivity contribution in [3.05, 3.63) is 23.4 Å². The van der Waals surface area contributed by atoms with Crippen LogP contribution in [0.25, 0.3) is 11.0 Å². The second kappa shape index (κ2) is 3.24. The standard InChI is InChI=1S/C13H16N2O/c1-8(2)15-7-6-10-11(15)4-5-12-13(10)9(3)14-16-12/h4-5,8H,6-7H2,1-3H3. The Morgan fingerprint density at radius 2 is 2.19 bits per heavy atom. The molecule has 1 aliphatic rings. The monoisotopic (exact) mass is 216 g/mol. The van der Waals surface area contributed by atoms with Crippen LogP contribution in [0, 0.1) is 6.92 Å². The molecular formula is C13H16N2O. The van der Waals surface area contributed by atoms with Gasteiger partial charge in [0.1, 0.15) is 0 Å². The van der Waals surface area contributed by atoms with Crippen LogP contribution in [0.4, 0.5) is 5.69 Å². The molecule has 1 aromatic carbocycles. The van der Waals surface area contributed by atoms with Crippen molar-refractivity contribution in [2.45, 2.75) is 33.2 Å².